The Hall–Kier alpha value is -1.10. The number of hydrogen-bond acceptors (Lipinski definition) is 4. The molecule has 4 nitrogen and oxygen atoms in total. The quantitative estimate of drug-likeness (QED) is 0.898. The molecule has 2 rings (SSSR count). The van der Waals surface area contributed by atoms with Crippen molar-refractivity contribution < 1.29 is 4.52 Å². The molecule has 0 aliphatic carbocycles. The van der Waals surface area contributed by atoms with Gasteiger partial charge >= 0.3 is 0 Å². The van der Waals surface area contributed by atoms with Crippen LogP contribution in [-0.4, -0.2) is 10.1 Å². The Labute approximate surface area is 102 Å². The lowest BCUT2D eigenvalue weighted by Gasteiger charge is -1.98. The van der Waals surface area contributed by atoms with Crippen LogP contribution in [-0.2, 0) is 0 Å². The summed E-state index contributed by atoms with van der Waals surface area (Å²) in [7, 11) is 0. The number of hydrogen-bond donors (Lipinski definition) is 1. The first-order valence-corrected chi connectivity index (χ1v) is 5.38. The maximum absolute atomic E-state index is 6.02. The number of rotatable bonds is 2. The molecule has 0 radical (unpaired) electrons. The summed E-state index contributed by atoms with van der Waals surface area (Å²) < 4.78 is 4.99. The van der Waals surface area contributed by atoms with E-state index in [9.17, 15) is 0 Å². The maximum atomic E-state index is 6.02. The molecule has 0 bridgehead atoms. The van der Waals surface area contributed by atoms with Crippen molar-refractivity contribution in [1.82, 2.24) is 10.1 Å². The van der Waals surface area contributed by atoms with E-state index in [1.165, 1.54) is 0 Å². The van der Waals surface area contributed by atoms with Crippen molar-refractivity contribution in [3.8, 4) is 11.4 Å². The number of nitrogens with zero attached hydrogens (tertiary/aromatic N) is 2. The predicted octanol–water partition coefficient (Wildman–Crippen LogP) is 3.06. The van der Waals surface area contributed by atoms with Gasteiger partial charge in [-0.2, -0.15) is 4.98 Å². The van der Waals surface area contributed by atoms with Gasteiger partial charge in [-0.1, -0.05) is 28.4 Å². The molecule has 1 atom stereocenters. The summed E-state index contributed by atoms with van der Waals surface area (Å²) >= 11 is 11.8. The Bertz CT molecular complexity index is 511. The minimum atomic E-state index is -0.299. The van der Waals surface area contributed by atoms with Crippen molar-refractivity contribution in [2.45, 2.75) is 13.0 Å². The van der Waals surface area contributed by atoms with E-state index in [1.807, 2.05) is 0 Å². The van der Waals surface area contributed by atoms with E-state index in [4.69, 9.17) is 33.5 Å². The summed E-state index contributed by atoms with van der Waals surface area (Å²) in [6.07, 6.45) is 0. The Morgan fingerprint density at radius 2 is 2.12 bits per heavy atom. The first-order valence-electron chi connectivity index (χ1n) is 4.62. The lowest BCUT2D eigenvalue weighted by Crippen LogP contribution is -2.04. The van der Waals surface area contributed by atoms with Gasteiger partial charge in [-0.15, -0.1) is 0 Å². The third-order valence-corrected chi connectivity index (χ3v) is 2.55. The van der Waals surface area contributed by atoms with Gasteiger partial charge in [0.2, 0.25) is 11.7 Å². The van der Waals surface area contributed by atoms with Crippen molar-refractivity contribution in [3.05, 3.63) is 34.1 Å². The molecule has 84 valence electrons. The molecule has 16 heavy (non-hydrogen) atoms. The van der Waals surface area contributed by atoms with Crippen LogP contribution in [0.25, 0.3) is 11.4 Å². The fourth-order valence-corrected chi connectivity index (χ4v) is 1.69. The summed E-state index contributed by atoms with van der Waals surface area (Å²) in [5.74, 6) is 0.787. The smallest absolute Gasteiger partial charge is 0.243 e. The van der Waals surface area contributed by atoms with Crippen LogP contribution in [0.4, 0.5) is 0 Å². The minimum Gasteiger partial charge on any atom is -0.337 e. The Balaban J connectivity index is 2.42. The lowest BCUT2D eigenvalue weighted by molar-refractivity contribution is 0.362. The molecule has 0 saturated carbocycles. The zero-order chi connectivity index (χ0) is 11.7. The summed E-state index contributed by atoms with van der Waals surface area (Å²) in [5, 5.41) is 4.84. The normalized spacial score (nSPS) is 12.8. The van der Waals surface area contributed by atoms with Crippen LogP contribution in [0.3, 0.4) is 0 Å². The molecule has 6 heteroatoms. The molecule has 2 aromatic rings. The number of halogens is 2. The van der Waals surface area contributed by atoms with Gasteiger partial charge in [0.25, 0.3) is 0 Å². The molecule has 0 aliphatic heterocycles. The van der Waals surface area contributed by atoms with E-state index >= 15 is 0 Å². The predicted molar refractivity (Wildman–Crippen MR) is 62.4 cm³/mol. The van der Waals surface area contributed by atoms with Gasteiger partial charge in [-0.25, -0.2) is 0 Å². The highest BCUT2D eigenvalue weighted by Crippen LogP contribution is 2.28. The van der Waals surface area contributed by atoms with E-state index < -0.39 is 0 Å². The van der Waals surface area contributed by atoms with E-state index in [0.717, 1.165) is 0 Å². The second kappa shape index (κ2) is 4.41. The second-order valence-corrected chi connectivity index (χ2v) is 4.21. The molecule has 0 amide bonds. The SMILES string of the molecule is C[C@@H](N)c1nc(-c2ccc(Cl)cc2Cl)no1. The molecule has 0 saturated heterocycles. The fraction of sp³-hybridized carbons (Fsp3) is 0.200. The molecule has 0 aliphatic rings. The standard InChI is InChI=1S/C10H9Cl2N3O/c1-5(13)10-14-9(15-16-10)7-3-2-6(11)4-8(7)12/h2-5H,13H2,1H3/t5-/m1/s1. The van der Waals surface area contributed by atoms with Crippen LogP contribution in [0.2, 0.25) is 10.0 Å². The van der Waals surface area contributed by atoms with E-state index in [-0.39, 0.29) is 6.04 Å². The zero-order valence-corrected chi connectivity index (χ0v) is 9.96. The highest BCUT2D eigenvalue weighted by atomic mass is 35.5. The summed E-state index contributed by atoms with van der Waals surface area (Å²) in [5.41, 5.74) is 6.29. The largest absolute Gasteiger partial charge is 0.337 e. The minimum absolute atomic E-state index is 0.299. The average molecular weight is 258 g/mol. The Kier molecular flexibility index (Phi) is 3.14. The van der Waals surface area contributed by atoms with E-state index in [1.54, 1.807) is 25.1 Å². The van der Waals surface area contributed by atoms with Gasteiger partial charge in [-0.05, 0) is 25.1 Å². The van der Waals surface area contributed by atoms with E-state index in [0.29, 0.717) is 27.3 Å². The van der Waals surface area contributed by atoms with Crippen LogP contribution < -0.4 is 5.73 Å². The molecular formula is C10H9Cl2N3O. The lowest BCUT2D eigenvalue weighted by atomic mass is 10.2. The van der Waals surface area contributed by atoms with Gasteiger partial charge in [0.15, 0.2) is 0 Å². The first-order chi connectivity index (χ1) is 7.58. The first kappa shape index (κ1) is 11.4. The number of nitrogens with two attached hydrogens (primary N) is 1. The Morgan fingerprint density at radius 3 is 2.69 bits per heavy atom. The molecule has 1 aromatic carbocycles. The van der Waals surface area contributed by atoms with Gasteiger partial charge in [0.1, 0.15) is 0 Å². The van der Waals surface area contributed by atoms with Crippen molar-refractivity contribution in [1.29, 1.82) is 0 Å². The number of aromatic nitrogens is 2. The van der Waals surface area contributed by atoms with Gasteiger partial charge in [0, 0.05) is 10.6 Å². The molecule has 0 unspecified atom stereocenters. The van der Waals surface area contributed by atoms with Crippen LogP contribution in [0.5, 0.6) is 0 Å². The van der Waals surface area contributed by atoms with Crippen LogP contribution in [0, 0.1) is 0 Å². The second-order valence-electron chi connectivity index (χ2n) is 3.37. The third-order valence-electron chi connectivity index (χ3n) is 2.00. The Morgan fingerprint density at radius 1 is 1.38 bits per heavy atom. The number of benzene rings is 1. The monoisotopic (exact) mass is 257 g/mol. The topological polar surface area (TPSA) is 64.9 Å². The van der Waals surface area contributed by atoms with E-state index in [2.05, 4.69) is 10.1 Å². The summed E-state index contributed by atoms with van der Waals surface area (Å²) in [6.45, 7) is 1.76. The van der Waals surface area contributed by atoms with Crippen molar-refractivity contribution in [2.24, 2.45) is 5.73 Å². The van der Waals surface area contributed by atoms with Crippen molar-refractivity contribution in [2.75, 3.05) is 0 Å². The molecule has 0 spiro atoms. The van der Waals surface area contributed by atoms with Crippen LogP contribution in [0.1, 0.15) is 18.9 Å². The zero-order valence-electron chi connectivity index (χ0n) is 8.45. The molecule has 1 heterocycles. The fourth-order valence-electron chi connectivity index (χ4n) is 1.20. The summed E-state index contributed by atoms with van der Waals surface area (Å²) in [4.78, 5) is 4.14. The van der Waals surface area contributed by atoms with Gasteiger partial charge < -0.3 is 10.3 Å². The summed E-state index contributed by atoms with van der Waals surface area (Å²) in [6, 6.07) is 4.78. The third kappa shape index (κ3) is 2.19. The van der Waals surface area contributed by atoms with Crippen molar-refractivity contribution in [3.63, 3.8) is 0 Å². The molecule has 2 N–H and O–H groups in total. The maximum Gasteiger partial charge on any atom is 0.243 e. The molecule has 0 fully saturated rings. The van der Waals surface area contributed by atoms with Gasteiger partial charge in [-0.3, -0.25) is 0 Å². The highest BCUT2D eigenvalue weighted by molar-refractivity contribution is 6.36. The average Bonchev–Trinajstić information content (AvgIpc) is 2.66. The highest BCUT2D eigenvalue weighted by Gasteiger charge is 2.14. The van der Waals surface area contributed by atoms with Crippen LogP contribution in [0.15, 0.2) is 22.7 Å². The molecular weight excluding hydrogens is 249 g/mol. The van der Waals surface area contributed by atoms with Crippen LogP contribution >= 0.6 is 23.2 Å². The van der Waals surface area contributed by atoms with Gasteiger partial charge in [0.05, 0.1) is 11.1 Å². The molecule has 1 aromatic heterocycles. The van der Waals surface area contributed by atoms with Crippen molar-refractivity contribution >= 4 is 23.2 Å².